The molecule has 4 rings (SSSR count). The summed E-state index contributed by atoms with van der Waals surface area (Å²) in [6.45, 7) is 0.395. The van der Waals surface area contributed by atoms with Crippen molar-refractivity contribution < 1.29 is 14.3 Å². The summed E-state index contributed by atoms with van der Waals surface area (Å²) >= 11 is 0. The SMILES string of the molecule is O=CN(Cc1cccnc1)c1ccc(-c2ccccc2)nc1NCC(O)c1cccc(F)c1. The first-order valence-corrected chi connectivity index (χ1v) is 10.5. The fourth-order valence-corrected chi connectivity index (χ4v) is 3.48. The van der Waals surface area contributed by atoms with Gasteiger partial charge in [-0.15, -0.1) is 0 Å². The van der Waals surface area contributed by atoms with Gasteiger partial charge < -0.3 is 15.3 Å². The summed E-state index contributed by atoms with van der Waals surface area (Å²) in [7, 11) is 0. The standard InChI is InChI=1S/C26H23FN4O2/c27-22-10-4-9-21(14-22)25(33)16-29-26-24(31(18-32)17-19-6-5-13-28-15-19)12-11-23(30-26)20-7-2-1-3-8-20/h1-15,18,25,33H,16-17H2,(H,29,30). The van der Waals surface area contributed by atoms with E-state index in [0.717, 1.165) is 17.5 Å². The van der Waals surface area contributed by atoms with E-state index in [2.05, 4.69) is 10.3 Å². The summed E-state index contributed by atoms with van der Waals surface area (Å²) in [6.07, 6.45) is 3.15. The average Bonchev–Trinajstić information content (AvgIpc) is 2.87. The summed E-state index contributed by atoms with van der Waals surface area (Å²) in [5.41, 5.74) is 3.50. The first-order chi connectivity index (χ1) is 16.1. The molecule has 0 saturated heterocycles. The molecular formula is C26H23FN4O2. The van der Waals surface area contributed by atoms with Crippen molar-refractivity contribution in [2.75, 3.05) is 16.8 Å². The third-order valence-corrected chi connectivity index (χ3v) is 5.15. The van der Waals surface area contributed by atoms with Crippen LogP contribution in [0, 0.1) is 5.82 Å². The lowest BCUT2D eigenvalue weighted by Crippen LogP contribution is -2.23. The Hall–Kier alpha value is -4.10. The van der Waals surface area contributed by atoms with E-state index in [1.54, 1.807) is 24.5 Å². The molecule has 0 aliphatic heterocycles. The van der Waals surface area contributed by atoms with E-state index >= 15 is 0 Å². The second-order valence-corrected chi connectivity index (χ2v) is 7.48. The molecule has 2 aromatic carbocycles. The van der Waals surface area contributed by atoms with Gasteiger partial charge in [0.1, 0.15) is 5.82 Å². The highest BCUT2D eigenvalue weighted by molar-refractivity contribution is 5.83. The monoisotopic (exact) mass is 442 g/mol. The third-order valence-electron chi connectivity index (χ3n) is 5.15. The molecule has 2 heterocycles. The van der Waals surface area contributed by atoms with Gasteiger partial charge in [0.05, 0.1) is 24.0 Å². The number of aliphatic hydroxyl groups is 1. The first kappa shape index (κ1) is 22.1. The summed E-state index contributed by atoms with van der Waals surface area (Å²) in [5, 5.41) is 13.7. The highest BCUT2D eigenvalue weighted by atomic mass is 19.1. The molecule has 0 fully saturated rings. The quantitative estimate of drug-likeness (QED) is 0.371. The van der Waals surface area contributed by atoms with Gasteiger partial charge in [0, 0.05) is 24.5 Å². The van der Waals surface area contributed by atoms with E-state index in [0.29, 0.717) is 29.3 Å². The van der Waals surface area contributed by atoms with Crippen molar-refractivity contribution in [3.05, 3.63) is 108 Å². The molecule has 0 spiro atoms. The van der Waals surface area contributed by atoms with Crippen LogP contribution in [0.25, 0.3) is 11.3 Å². The fraction of sp³-hybridized carbons (Fsp3) is 0.115. The molecule has 2 N–H and O–H groups in total. The third kappa shape index (κ3) is 5.58. The Morgan fingerprint density at radius 2 is 1.88 bits per heavy atom. The number of hydrogen-bond donors (Lipinski definition) is 2. The Morgan fingerprint density at radius 1 is 1.03 bits per heavy atom. The van der Waals surface area contributed by atoms with Crippen LogP contribution < -0.4 is 10.2 Å². The van der Waals surface area contributed by atoms with Crippen LogP contribution in [0.1, 0.15) is 17.2 Å². The Morgan fingerprint density at radius 3 is 2.61 bits per heavy atom. The number of halogens is 1. The maximum atomic E-state index is 13.6. The highest BCUT2D eigenvalue weighted by Gasteiger charge is 2.16. The molecule has 1 amide bonds. The number of pyridine rings is 2. The largest absolute Gasteiger partial charge is 0.387 e. The number of nitrogens with one attached hydrogen (secondary N) is 1. The second kappa shape index (κ2) is 10.5. The smallest absolute Gasteiger partial charge is 0.214 e. The van der Waals surface area contributed by atoms with E-state index in [9.17, 15) is 14.3 Å². The maximum absolute atomic E-state index is 13.6. The molecule has 2 aromatic heterocycles. The van der Waals surface area contributed by atoms with Crippen LogP contribution >= 0.6 is 0 Å². The molecule has 0 aliphatic rings. The number of aromatic nitrogens is 2. The van der Waals surface area contributed by atoms with E-state index in [1.807, 2.05) is 54.6 Å². The number of amides is 1. The fourth-order valence-electron chi connectivity index (χ4n) is 3.48. The summed E-state index contributed by atoms with van der Waals surface area (Å²) < 4.78 is 13.6. The van der Waals surface area contributed by atoms with Crippen LogP contribution in [0.5, 0.6) is 0 Å². The Balaban J connectivity index is 1.64. The lowest BCUT2D eigenvalue weighted by Gasteiger charge is -2.22. The lowest BCUT2D eigenvalue weighted by molar-refractivity contribution is -0.107. The molecule has 166 valence electrons. The summed E-state index contributed by atoms with van der Waals surface area (Å²) in [4.78, 5) is 22.3. The Bertz CT molecular complexity index is 1210. The van der Waals surface area contributed by atoms with E-state index in [1.165, 1.54) is 17.0 Å². The zero-order valence-electron chi connectivity index (χ0n) is 17.8. The van der Waals surface area contributed by atoms with Gasteiger partial charge in [-0.25, -0.2) is 9.37 Å². The van der Waals surface area contributed by atoms with Crippen LogP contribution in [0.4, 0.5) is 15.9 Å². The van der Waals surface area contributed by atoms with Crippen molar-refractivity contribution >= 4 is 17.9 Å². The van der Waals surface area contributed by atoms with Crippen molar-refractivity contribution in [1.82, 2.24) is 9.97 Å². The minimum Gasteiger partial charge on any atom is -0.387 e. The van der Waals surface area contributed by atoms with Gasteiger partial charge >= 0.3 is 0 Å². The van der Waals surface area contributed by atoms with E-state index < -0.39 is 11.9 Å². The molecule has 6 nitrogen and oxygen atoms in total. The maximum Gasteiger partial charge on any atom is 0.214 e. The van der Waals surface area contributed by atoms with Crippen LogP contribution in [0.2, 0.25) is 0 Å². The van der Waals surface area contributed by atoms with E-state index in [-0.39, 0.29) is 6.54 Å². The number of carbonyl (C=O) groups is 1. The van der Waals surface area contributed by atoms with Gasteiger partial charge in [-0.1, -0.05) is 48.5 Å². The van der Waals surface area contributed by atoms with Crippen LogP contribution in [0.15, 0.2) is 91.3 Å². The van der Waals surface area contributed by atoms with Crippen LogP contribution in [-0.4, -0.2) is 28.0 Å². The minimum absolute atomic E-state index is 0.0846. The molecule has 0 radical (unpaired) electrons. The molecule has 1 atom stereocenters. The number of benzene rings is 2. The Kier molecular flexibility index (Phi) is 7.02. The van der Waals surface area contributed by atoms with Crippen molar-refractivity contribution in [3.63, 3.8) is 0 Å². The summed E-state index contributed by atoms with van der Waals surface area (Å²) in [5.74, 6) is 0.0165. The predicted octanol–water partition coefficient (Wildman–Crippen LogP) is 4.59. The number of carbonyl (C=O) groups excluding carboxylic acids is 1. The molecule has 0 bridgehead atoms. The zero-order valence-corrected chi connectivity index (χ0v) is 17.8. The topological polar surface area (TPSA) is 78.4 Å². The molecule has 4 aromatic rings. The van der Waals surface area contributed by atoms with Gasteiger partial charge in [0.25, 0.3) is 0 Å². The molecule has 1 unspecified atom stereocenters. The number of hydrogen-bond acceptors (Lipinski definition) is 5. The molecule has 33 heavy (non-hydrogen) atoms. The van der Waals surface area contributed by atoms with Crippen molar-refractivity contribution in [2.45, 2.75) is 12.6 Å². The molecular weight excluding hydrogens is 419 g/mol. The number of rotatable bonds is 9. The Labute approximate surface area is 191 Å². The predicted molar refractivity (Wildman–Crippen MR) is 126 cm³/mol. The first-order valence-electron chi connectivity index (χ1n) is 10.5. The average molecular weight is 442 g/mol. The molecule has 0 aliphatic carbocycles. The van der Waals surface area contributed by atoms with Gasteiger partial charge in [0.2, 0.25) is 6.41 Å². The number of nitrogens with zero attached hydrogens (tertiary/aromatic N) is 3. The molecule has 0 saturated carbocycles. The number of anilines is 2. The summed E-state index contributed by atoms with van der Waals surface area (Å²) in [6, 6.07) is 22.8. The van der Waals surface area contributed by atoms with Gasteiger partial charge in [0.15, 0.2) is 5.82 Å². The molecule has 7 heteroatoms. The van der Waals surface area contributed by atoms with Gasteiger partial charge in [-0.2, -0.15) is 0 Å². The van der Waals surface area contributed by atoms with Crippen LogP contribution in [-0.2, 0) is 11.3 Å². The van der Waals surface area contributed by atoms with Crippen molar-refractivity contribution in [2.24, 2.45) is 0 Å². The van der Waals surface area contributed by atoms with Crippen LogP contribution in [0.3, 0.4) is 0 Å². The van der Waals surface area contributed by atoms with Crippen molar-refractivity contribution in [1.29, 1.82) is 0 Å². The second-order valence-electron chi connectivity index (χ2n) is 7.48. The number of aliphatic hydroxyl groups excluding tert-OH is 1. The van der Waals surface area contributed by atoms with Crippen molar-refractivity contribution in [3.8, 4) is 11.3 Å². The highest BCUT2D eigenvalue weighted by Crippen LogP contribution is 2.29. The van der Waals surface area contributed by atoms with Gasteiger partial charge in [-0.05, 0) is 41.5 Å². The normalized spacial score (nSPS) is 11.6. The van der Waals surface area contributed by atoms with Gasteiger partial charge in [-0.3, -0.25) is 9.78 Å². The minimum atomic E-state index is -0.960. The van der Waals surface area contributed by atoms with E-state index in [4.69, 9.17) is 4.98 Å². The zero-order chi connectivity index (χ0) is 23.0. The lowest BCUT2D eigenvalue weighted by atomic mass is 10.1.